The molecule has 100 valence electrons. The van der Waals surface area contributed by atoms with Gasteiger partial charge in [-0.3, -0.25) is 9.69 Å². The zero-order valence-electron chi connectivity index (χ0n) is 11.5. The van der Waals surface area contributed by atoms with Gasteiger partial charge in [-0.25, -0.2) is 0 Å². The van der Waals surface area contributed by atoms with Crippen LogP contribution in [0.2, 0.25) is 5.02 Å². The van der Waals surface area contributed by atoms with Gasteiger partial charge < -0.3 is 5.32 Å². The Morgan fingerprint density at radius 1 is 1.39 bits per heavy atom. The van der Waals surface area contributed by atoms with Crippen LogP contribution in [-0.2, 0) is 4.79 Å². The van der Waals surface area contributed by atoms with Crippen molar-refractivity contribution in [3.63, 3.8) is 0 Å². The third-order valence-electron chi connectivity index (χ3n) is 3.21. The van der Waals surface area contributed by atoms with E-state index in [-0.39, 0.29) is 11.9 Å². The molecule has 0 spiro atoms. The molecule has 1 N–H and O–H groups in total. The molecule has 0 radical (unpaired) electrons. The zero-order chi connectivity index (χ0) is 13.7. The minimum atomic E-state index is -0.157. The fourth-order valence-corrected chi connectivity index (χ4v) is 2.22. The Hall–Kier alpha value is -1.06. The molecule has 1 unspecified atom stereocenters. The first-order chi connectivity index (χ1) is 8.51. The first-order valence-electron chi connectivity index (χ1n) is 6.31. The van der Waals surface area contributed by atoms with Gasteiger partial charge in [0.25, 0.3) is 0 Å². The molecule has 1 rings (SSSR count). The Labute approximate surface area is 114 Å². The second kappa shape index (κ2) is 6.76. The van der Waals surface area contributed by atoms with Crippen molar-refractivity contribution in [2.24, 2.45) is 0 Å². The number of nitrogens with one attached hydrogen (secondary N) is 1. The highest BCUT2D eigenvalue weighted by atomic mass is 35.5. The van der Waals surface area contributed by atoms with Crippen LogP contribution in [0, 0.1) is 6.92 Å². The molecule has 4 heteroatoms. The third kappa shape index (κ3) is 3.47. The van der Waals surface area contributed by atoms with Gasteiger partial charge in [-0.1, -0.05) is 37.6 Å². The predicted molar refractivity (Wildman–Crippen MR) is 77.2 cm³/mol. The van der Waals surface area contributed by atoms with Gasteiger partial charge in [0, 0.05) is 0 Å². The monoisotopic (exact) mass is 268 g/mol. The van der Waals surface area contributed by atoms with Crippen molar-refractivity contribution in [2.45, 2.75) is 33.7 Å². The fraction of sp³-hybridized carbons (Fsp3) is 0.500. The second-order valence-corrected chi connectivity index (χ2v) is 4.73. The lowest BCUT2D eigenvalue weighted by Gasteiger charge is -2.25. The Morgan fingerprint density at radius 3 is 2.50 bits per heavy atom. The van der Waals surface area contributed by atoms with Gasteiger partial charge in [0.2, 0.25) is 5.91 Å². The van der Waals surface area contributed by atoms with E-state index in [4.69, 9.17) is 11.6 Å². The summed E-state index contributed by atoms with van der Waals surface area (Å²) >= 11 is 6.10. The van der Waals surface area contributed by atoms with Crippen molar-refractivity contribution in [3.05, 3.63) is 28.8 Å². The highest BCUT2D eigenvalue weighted by Crippen LogP contribution is 2.25. The van der Waals surface area contributed by atoms with Gasteiger partial charge in [-0.2, -0.15) is 0 Å². The summed E-state index contributed by atoms with van der Waals surface area (Å²) in [4.78, 5) is 14.3. The smallest absolute Gasteiger partial charge is 0.241 e. The van der Waals surface area contributed by atoms with Crippen molar-refractivity contribution in [1.29, 1.82) is 0 Å². The molecule has 0 bridgehead atoms. The minimum absolute atomic E-state index is 0.0186. The van der Waals surface area contributed by atoms with E-state index in [0.29, 0.717) is 10.7 Å². The number of halogens is 1. The number of carbonyl (C=O) groups excluding carboxylic acids is 1. The van der Waals surface area contributed by atoms with E-state index in [2.05, 4.69) is 10.2 Å². The molecular formula is C14H21ClN2O. The first-order valence-corrected chi connectivity index (χ1v) is 6.69. The maximum absolute atomic E-state index is 12.2. The number of para-hydroxylation sites is 1. The molecular weight excluding hydrogens is 248 g/mol. The van der Waals surface area contributed by atoms with E-state index in [1.165, 1.54) is 0 Å². The average Bonchev–Trinajstić information content (AvgIpc) is 2.35. The molecule has 0 fully saturated rings. The van der Waals surface area contributed by atoms with Gasteiger partial charge in [0.05, 0.1) is 16.8 Å². The topological polar surface area (TPSA) is 32.3 Å². The summed E-state index contributed by atoms with van der Waals surface area (Å²) in [7, 11) is 0. The molecule has 0 aromatic heterocycles. The average molecular weight is 269 g/mol. The summed E-state index contributed by atoms with van der Waals surface area (Å²) in [5.41, 5.74) is 1.69. The fourth-order valence-electron chi connectivity index (χ4n) is 1.96. The maximum atomic E-state index is 12.2. The number of amides is 1. The Kier molecular flexibility index (Phi) is 5.63. The molecule has 0 aliphatic rings. The standard InChI is InChI=1S/C14H21ClN2O/c1-5-17(6-2)11(4)14(18)16-13-10(3)8-7-9-12(13)15/h7-9,11H,5-6H2,1-4H3,(H,16,18). The van der Waals surface area contributed by atoms with Gasteiger partial charge in [-0.05, 0) is 38.6 Å². The van der Waals surface area contributed by atoms with Crippen LogP contribution in [-0.4, -0.2) is 29.9 Å². The summed E-state index contributed by atoms with van der Waals surface area (Å²) in [6, 6.07) is 5.44. The molecule has 0 aliphatic carbocycles. The van der Waals surface area contributed by atoms with Crippen LogP contribution in [0.25, 0.3) is 0 Å². The van der Waals surface area contributed by atoms with Crippen LogP contribution in [0.1, 0.15) is 26.3 Å². The van der Waals surface area contributed by atoms with E-state index in [1.807, 2.05) is 39.8 Å². The molecule has 18 heavy (non-hydrogen) atoms. The zero-order valence-corrected chi connectivity index (χ0v) is 12.2. The molecule has 0 saturated carbocycles. The molecule has 1 amide bonds. The molecule has 0 heterocycles. The number of hydrogen-bond donors (Lipinski definition) is 1. The number of likely N-dealkylation sites (N-methyl/N-ethyl adjacent to an activating group) is 1. The van der Waals surface area contributed by atoms with Crippen LogP contribution in [0.5, 0.6) is 0 Å². The molecule has 0 aliphatic heterocycles. The third-order valence-corrected chi connectivity index (χ3v) is 3.52. The van der Waals surface area contributed by atoms with Crippen molar-refractivity contribution in [3.8, 4) is 0 Å². The SMILES string of the molecule is CCN(CC)C(C)C(=O)Nc1c(C)cccc1Cl. The van der Waals surface area contributed by atoms with E-state index < -0.39 is 0 Å². The summed E-state index contributed by atoms with van der Waals surface area (Å²) < 4.78 is 0. The summed E-state index contributed by atoms with van der Waals surface area (Å²) in [5, 5.41) is 3.49. The number of rotatable bonds is 5. The lowest BCUT2D eigenvalue weighted by molar-refractivity contribution is -0.120. The largest absolute Gasteiger partial charge is 0.323 e. The van der Waals surface area contributed by atoms with Gasteiger partial charge in [0.15, 0.2) is 0 Å². The van der Waals surface area contributed by atoms with Crippen molar-refractivity contribution >= 4 is 23.2 Å². The van der Waals surface area contributed by atoms with Gasteiger partial charge >= 0.3 is 0 Å². The Morgan fingerprint density at radius 2 is 2.00 bits per heavy atom. The number of carbonyl (C=O) groups is 1. The van der Waals surface area contributed by atoms with Crippen LogP contribution in [0.4, 0.5) is 5.69 Å². The molecule has 1 aromatic carbocycles. The van der Waals surface area contributed by atoms with E-state index in [9.17, 15) is 4.79 Å². The van der Waals surface area contributed by atoms with Crippen LogP contribution >= 0.6 is 11.6 Å². The van der Waals surface area contributed by atoms with Crippen LogP contribution < -0.4 is 5.32 Å². The van der Waals surface area contributed by atoms with Gasteiger partial charge in [-0.15, -0.1) is 0 Å². The van der Waals surface area contributed by atoms with E-state index in [0.717, 1.165) is 18.7 Å². The highest BCUT2D eigenvalue weighted by molar-refractivity contribution is 6.34. The quantitative estimate of drug-likeness (QED) is 0.889. The van der Waals surface area contributed by atoms with E-state index in [1.54, 1.807) is 6.07 Å². The summed E-state index contributed by atoms with van der Waals surface area (Å²) in [6.07, 6.45) is 0. The minimum Gasteiger partial charge on any atom is -0.323 e. The van der Waals surface area contributed by atoms with Crippen LogP contribution in [0.3, 0.4) is 0 Å². The normalized spacial score (nSPS) is 12.6. The summed E-state index contributed by atoms with van der Waals surface area (Å²) in [5.74, 6) is -0.0186. The number of aryl methyl sites for hydroxylation is 1. The summed E-state index contributed by atoms with van der Waals surface area (Å²) in [6.45, 7) is 9.65. The predicted octanol–water partition coefficient (Wildman–Crippen LogP) is 3.32. The lowest BCUT2D eigenvalue weighted by atomic mass is 10.2. The molecule has 0 saturated heterocycles. The number of benzene rings is 1. The molecule has 1 aromatic rings. The molecule has 3 nitrogen and oxygen atoms in total. The Balaban J connectivity index is 2.81. The number of nitrogens with zero attached hydrogens (tertiary/aromatic N) is 1. The van der Waals surface area contributed by atoms with Crippen molar-refractivity contribution in [1.82, 2.24) is 4.90 Å². The first kappa shape index (κ1) is 15.0. The highest BCUT2D eigenvalue weighted by Gasteiger charge is 2.19. The number of anilines is 1. The second-order valence-electron chi connectivity index (χ2n) is 4.32. The van der Waals surface area contributed by atoms with Crippen molar-refractivity contribution in [2.75, 3.05) is 18.4 Å². The van der Waals surface area contributed by atoms with Crippen molar-refractivity contribution < 1.29 is 4.79 Å². The Bertz CT molecular complexity index is 396. The molecule has 1 atom stereocenters. The maximum Gasteiger partial charge on any atom is 0.241 e. The number of hydrogen-bond acceptors (Lipinski definition) is 2. The lowest BCUT2D eigenvalue weighted by Crippen LogP contribution is -2.41. The van der Waals surface area contributed by atoms with Crippen LogP contribution in [0.15, 0.2) is 18.2 Å². The van der Waals surface area contributed by atoms with E-state index >= 15 is 0 Å². The van der Waals surface area contributed by atoms with Gasteiger partial charge in [0.1, 0.15) is 0 Å².